The van der Waals surface area contributed by atoms with Crippen LogP contribution >= 0.6 is 0 Å². The van der Waals surface area contributed by atoms with Crippen molar-refractivity contribution in [3.8, 4) is 5.75 Å². The van der Waals surface area contributed by atoms with Crippen molar-refractivity contribution >= 4 is 0 Å². The van der Waals surface area contributed by atoms with Crippen LogP contribution in [0.3, 0.4) is 0 Å². The molecule has 0 atom stereocenters. The predicted molar refractivity (Wildman–Crippen MR) is 99.9 cm³/mol. The van der Waals surface area contributed by atoms with Gasteiger partial charge in [0.1, 0.15) is 5.75 Å². The van der Waals surface area contributed by atoms with E-state index in [-0.39, 0.29) is 0 Å². The van der Waals surface area contributed by atoms with Gasteiger partial charge in [0.25, 0.3) is 0 Å². The van der Waals surface area contributed by atoms with E-state index in [1.54, 1.807) is 25.7 Å². The van der Waals surface area contributed by atoms with Gasteiger partial charge in [-0.25, -0.2) is 0 Å². The summed E-state index contributed by atoms with van der Waals surface area (Å²) in [5.41, 5.74) is 0. The third kappa shape index (κ3) is 6.57. The number of benzene rings is 1. The van der Waals surface area contributed by atoms with E-state index in [2.05, 4.69) is 13.8 Å². The van der Waals surface area contributed by atoms with Crippen molar-refractivity contribution in [2.24, 2.45) is 23.7 Å². The summed E-state index contributed by atoms with van der Waals surface area (Å²) >= 11 is 0. The molecule has 1 heteroatoms. The van der Waals surface area contributed by atoms with Crippen molar-refractivity contribution in [1.29, 1.82) is 0 Å². The lowest BCUT2D eigenvalue weighted by Crippen LogP contribution is -2.24. The van der Waals surface area contributed by atoms with Crippen LogP contribution < -0.4 is 4.74 Å². The molecule has 1 aromatic rings. The Labute approximate surface area is 143 Å². The zero-order valence-corrected chi connectivity index (χ0v) is 15.5. The molecule has 0 radical (unpaired) electrons. The van der Waals surface area contributed by atoms with Gasteiger partial charge in [-0.05, 0) is 68.4 Å². The molecule has 0 heterocycles. The summed E-state index contributed by atoms with van der Waals surface area (Å²) in [7, 11) is 0. The van der Waals surface area contributed by atoms with Crippen LogP contribution in [0, 0.1) is 23.7 Å². The monoisotopic (exact) mass is 316 g/mol. The summed E-state index contributed by atoms with van der Waals surface area (Å²) in [5, 5.41) is 0. The molecule has 2 fully saturated rings. The summed E-state index contributed by atoms with van der Waals surface area (Å²) in [6.07, 6.45) is 12.2. The number of hydrogen-bond donors (Lipinski definition) is 0. The standard InChI is InChI=1S/C14H26.C8H10O/c1-11-3-7-13(8-4-11)14-9-5-12(2)6-10-14;1-2-9-8-6-4-3-5-7-8/h11-14H,3-10H2,1-2H3;3-7H,2H2,1H3. The molecular weight excluding hydrogens is 280 g/mol. The van der Waals surface area contributed by atoms with Crippen LogP contribution in [0.4, 0.5) is 0 Å². The summed E-state index contributed by atoms with van der Waals surface area (Å²) < 4.78 is 5.21. The number of rotatable bonds is 3. The Morgan fingerprint density at radius 3 is 1.57 bits per heavy atom. The van der Waals surface area contributed by atoms with E-state index in [4.69, 9.17) is 4.74 Å². The van der Waals surface area contributed by atoms with Gasteiger partial charge in [0, 0.05) is 0 Å². The first-order valence-corrected chi connectivity index (χ1v) is 9.86. The molecule has 0 unspecified atom stereocenters. The lowest BCUT2D eigenvalue weighted by Gasteiger charge is -2.36. The van der Waals surface area contributed by atoms with Gasteiger partial charge in [0.05, 0.1) is 6.61 Å². The predicted octanol–water partition coefficient (Wildman–Crippen LogP) is 6.72. The average Bonchev–Trinajstić information content (AvgIpc) is 2.58. The molecule has 0 aliphatic heterocycles. The fourth-order valence-corrected chi connectivity index (χ4v) is 4.20. The minimum atomic E-state index is 0.740. The highest BCUT2D eigenvalue weighted by molar-refractivity contribution is 5.20. The van der Waals surface area contributed by atoms with Crippen molar-refractivity contribution in [2.75, 3.05) is 6.61 Å². The van der Waals surface area contributed by atoms with Gasteiger partial charge in [-0.2, -0.15) is 0 Å². The molecule has 0 bridgehead atoms. The minimum Gasteiger partial charge on any atom is -0.494 e. The molecule has 130 valence electrons. The fourth-order valence-electron chi connectivity index (χ4n) is 4.20. The van der Waals surface area contributed by atoms with Crippen LogP contribution in [0.5, 0.6) is 5.75 Å². The quantitative estimate of drug-likeness (QED) is 0.601. The van der Waals surface area contributed by atoms with Crippen molar-refractivity contribution < 1.29 is 4.74 Å². The van der Waals surface area contributed by atoms with Crippen molar-refractivity contribution in [1.82, 2.24) is 0 Å². The summed E-state index contributed by atoms with van der Waals surface area (Å²) in [6, 6.07) is 9.80. The third-order valence-corrected chi connectivity index (χ3v) is 5.84. The molecular formula is C22H36O. The van der Waals surface area contributed by atoms with Crippen LogP contribution in [0.25, 0.3) is 0 Å². The Bertz CT molecular complexity index is 377. The smallest absolute Gasteiger partial charge is 0.119 e. The molecule has 23 heavy (non-hydrogen) atoms. The molecule has 0 amide bonds. The van der Waals surface area contributed by atoms with Crippen LogP contribution in [-0.2, 0) is 0 Å². The van der Waals surface area contributed by atoms with Crippen molar-refractivity contribution in [3.63, 3.8) is 0 Å². The topological polar surface area (TPSA) is 9.23 Å². The van der Waals surface area contributed by atoms with Gasteiger partial charge in [0.15, 0.2) is 0 Å². The number of ether oxygens (including phenoxy) is 1. The zero-order valence-electron chi connectivity index (χ0n) is 15.5. The molecule has 3 rings (SSSR count). The van der Waals surface area contributed by atoms with E-state index in [0.717, 1.165) is 36.0 Å². The number of para-hydroxylation sites is 1. The second-order valence-electron chi connectivity index (χ2n) is 7.79. The molecule has 1 aromatic carbocycles. The molecule has 2 aliphatic carbocycles. The first-order valence-electron chi connectivity index (χ1n) is 9.86. The highest BCUT2D eigenvalue weighted by atomic mass is 16.5. The lowest BCUT2D eigenvalue weighted by molar-refractivity contribution is 0.155. The SMILES string of the molecule is CC1CCC(C2CCC(C)CC2)CC1.CCOc1ccccc1. The maximum atomic E-state index is 5.21. The molecule has 0 aromatic heterocycles. The third-order valence-electron chi connectivity index (χ3n) is 5.84. The Hall–Kier alpha value is -0.980. The maximum Gasteiger partial charge on any atom is 0.119 e. The largest absolute Gasteiger partial charge is 0.494 e. The summed E-state index contributed by atoms with van der Waals surface area (Å²) in [4.78, 5) is 0. The van der Waals surface area contributed by atoms with Gasteiger partial charge < -0.3 is 4.74 Å². The van der Waals surface area contributed by atoms with Gasteiger partial charge in [0.2, 0.25) is 0 Å². The molecule has 2 saturated carbocycles. The van der Waals surface area contributed by atoms with Crippen LogP contribution in [0.15, 0.2) is 30.3 Å². The molecule has 2 aliphatic rings. The highest BCUT2D eigenvalue weighted by Crippen LogP contribution is 2.40. The first-order chi connectivity index (χ1) is 11.2. The lowest BCUT2D eigenvalue weighted by atomic mass is 9.70. The second-order valence-corrected chi connectivity index (χ2v) is 7.79. The maximum absolute atomic E-state index is 5.21. The number of hydrogen-bond acceptors (Lipinski definition) is 1. The van der Waals surface area contributed by atoms with Crippen LogP contribution in [-0.4, -0.2) is 6.61 Å². The second kappa shape index (κ2) is 10.0. The Morgan fingerprint density at radius 2 is 1.17 bits per heavy atom. The summed E-state index contributed by atoms with van der Waals surface area (Å²) in [6.45, 7) is 7.58. The van der Waals surface area contributed by atoms with Gasteiger partial charge in [-0.1, -0.05) is 57.7 Å². The molecule has 0 spiro atoms. The van der Waals surface area contributed by atoms with E-state index in [9.17, 15) is 0 Å². The van der Waals surface area contributed by atoms with Crippen molar-refractivity contribution in [2.45, 2.75) is 72.1 Å². The molecule has 0 saturated heterocycles. The molecule has 1 nitrogen and oxygen atoms in total. The highest BCUT2D eigenvalue weighted by Gasteiger charge is 2.28. The Kier molecular flexibility index (Phi) is 7.99. The van der Waals surface area contributed by atoms with E-state index >= 15 is 0 Å². The molecule has 0 N–H and O–H groups in total. The van der Waals surface area contributed by atoms with Gasteiger partial charge in [-0.3, -0.25) is 0 Å². The van der Waals surface area contributed by atoms with E-state index in [0.29, 0.717) is 0 Å². The fraction of sp³-hybridized carbons (Fsp3) is 0.727. The average molecular weight is 317 g/mol. The van der Waals surface area contributed by atoms with E-state index in [1.165, 1.54) is 25.7 Å². The Morgan fingerprint density at radius 1 is 0.739 bits per heavy atom. The normalized spacial score (nSPS) is 30.9. The van der Waals surface area contributed by atoms with Crippen LogP contribution in [0.1, 0.15) is 72.1 Å². The first kappa shape index (κ1) is 18.4. The van der Waals surface area contributed by atoms with Crippen molar-refractivity contribution in [3.05, 3.63) is 30.3 Å². The van der Waals surface area contributed by atoms with Gasteiger partial charge >= 0.3 is 0 Å². The van der Waals surface area contributed by atoms with Gasteiger partial charge in [-0.15, -0.1) is 0 Å². The Balaban J connectivity index is 0.000000185. The van der Waals surface area contributed by atoms with E-state index < -0.39 is 0 Å². The zero-order chi connectivity index (χ0) is 16.5. The minimum absolute atomic E-state index is 0.740. The van der Waals surface area contributed by atoms with Crippen LogP contribution in [0.2, 0.25) is 0 Å². The van der Waals surface area contributed by atoms with E-state index in [1.807, 2.05) is 37.3 Å². The summed E-state index contributed by atoms with van der Waals surface area (Å²) in [5.74, 6) is 5.21.